The smallest absolute Gasteiger partial charge is 0.326 e. The molecule has 2 aromatic carbocycles. The van der Waals surface area contributed by atoms with Gasteiger partial charge in [0.05, 0.1) is 21.3 Å². The van der Waals surface area contributed by atoms with Gasteiger partial charge in [0.1, 0.15) is 29.9 Å². The highest BCUT2D eigenvalue weighted by molar-refractivity contribution is 5.77. The Morgan fingerprint density at radius 3 is 2.44 bits per heavy atom. The number of rotatable bonds is 5. The second kappa shape index (κ2) is 8.96. The molecule has 3 heterocycles. The lowest BCUT2D eigenvalue weighted by Crippen LogP contribution is -2.43. The third-order valence-electron chi connectivity index (χ3n) is 6.34. The van der Waals surface area contributed by atoms with Crippen molar-refractivity contribution >= 4 is 5.97 Å². The lowest BCUT2D eigenvalue weighted by Gasteiger charge is -2.33. The van der Waals surface area contributed by atoms with Crippen molar-refractivity contribution in [2.45, 2.75) is 24.8 Å². The number of hydrogen-bond acceptors (Lipinski definition) is 8. The maximum absolute atomic E-state index is 12.9. The van der Waals surface area contributed by atoms with Gasteiger partial charge in [-0.2, -0.15) is 0 Å². The molecule has 3 aromatic rings. The largest absolute Gasteiger partial charge is 0.493 e. The maximum atomic E-state index is 12.9. The Morgan fingerprint density at radius 2 is 1.74 bits per heavy atom. The minimum atomic E-state index is -0.826. The summed E-state index contributed by atoms with van der Waals surface area (Å²) in [5.41, 5.74) is 2.45. The molecule has 176 valence electrons. The number of nitrogens with zero attached hydrogens (tertiary/aromatic N) is 1. The Labute approximate surface area is 196 Å². The zero-order valence-corrected chi connectivity index (χ0v) is 19.1. The number of carbonyl (C=O) groups excluding carboxylic acids is 1. The molecule has 2 aliphatic rings. The van der Waals surface area contributed by atoms with E-state index in [4.69, 9.17) is 23.4 Å². The minimum Gasteiger partial charge on any atom is -0.493 e. The van der Waals surface area contributed by atoms with Crippen LogP contribution in [0.15, 0.2) is 63.8 Å². The first-order valence-corrected chi connectivity index (χ1v) is 11.0. The first-order chi connectivity index (χ1) is 16.5. The molecule has 2 aliphatic heterocycles. The van der Waals surface area contributed by atoms with Gasteiger partial charge in [0.15, 0.2) is 16.9 Å². The summed E-state index contributed by atoms with van der Waals surface area (Å²) >= 11 is 0. The van der Waals surface area contributed by atoms with Crippen LogP contribution in [0.5, 0.6) is 11.5 Å². The van der Waals surface area contributed by atoms with E-state index in [0.717, 1.165) is 16.7 Å². The molecule has 0 aliphatic carbocycles. The first kappa shape index (κ1) is 22.2. The summed E-state index contributed by atoms with van der Waals surface area (Å²) < 4.78 is 28.6. The average molecular weight is 463 g/mol. The highest BCUT2D eigenvalue weighted by atomic mass is 16.6. The summed E-state index contributed by atoms with van der Waals surface area (Å²) in [6.45, 7) is 0.562. The summed E-state index contributed by atoms with van der Waals surface area (Å²) in [6.07, 6.45) is -0.680. The first-order valence-electron chi connectivity index (χ1n) is 11.0. The van der Waals surface area contributed by atoms with Gasteiger partial charge in [-0.15, -0.1) is 0 Å². The van der Waals surface area contributed by atoms with E-state index in [1.165, 1.54) is 19.2 Å². The van der Waals surface area contributed by atoms with Crippen LogP contribution in [0.2, 0.25) is 0 Å². The monoisotopic (exact) mass is 463 g/mol. The van der Waals surface area contributed by atoms with E-state index in [0.29, 0.717) is 30.2 Å². The molecule has 1 saturated heterocycles. The van der Waals surface area contributed by atoms with E-state index in [1.54, 1.807) is 14.2 Å². The van der Waals surface area contributed by atoms with E-state index in [1.807, 2.05) is 47.4 Å². The Kier molecular flexibility index (Phi) is 5.85. The molecule has 0 saturated carbocycles. The van der Waals surface area contributed by atoms with Crippen LogP contribution in [0.25, 0.3) is 11.3 Å². The molecule has 0 radical (unpaired) electrons. The van der Waals surface area contributed by atoms with Gasteiger partial charge in [-0.25, -0.2) is 0 Å². The van der Waals surface area contributed by atoms with Gasteiger partial charge in [-0.1, -0.05) is 30.3 Å². The molecule has 3 atom stereocenters. The summed E-state index contributed by atoms with van der Waals surface area (Å²) in [5, 5.41) is 0. The van der Waals surface area contributed by atoms with Crippen LogP contribution in [0.3, 0.4) is 0 Å². The Morgan fingerprint density at radius 1 is 1.00 bits per heavy atom. The molecule has 5 rings (SSSR count). The number of benzene rings is 2. The van der Waals surface area contributed by atoms with Crippen molar-refractivity contribution in [2.75, 3.05) is 27.9 Å². The van der Waals surface area contributed by atoms with E-state index >= 15 is 0 Å². The molecule has 0 spiro atoms. The zero-order valence-electron chi connectivity index (χ0n) is 19.1. The SMILES string of the molecule is COC(=O)[C@@H]1[C@H](c2cc(=O)cc(-c3ccccc3)o2)O[C@@H]2c3cc(OC)c(OC)cc3CCN21. The second-order valence-corrected chi connectivity index (χ2v) is 8.20. The summed E-state index contributed by atoms with van der Waals surface area (Å²) in [4.78, 5) is 27.4. The highest BCUT2D eigenvalue weighted by Gasteiger charge is 2.51. The molecule has 1 fully saturated rings. The molecule has 0 N–H and O–H groups in total. The predicted molar refractivity (Wildman–Crippen MR) is 123 cm³/mol. The topological polar surface area (TPSA) is 87.4 Å². The third kappa shape index (κ3) is 3.74. The molecule has 8 nitrogen and oxygen atoms in total. The van der Waals surface area contributed by atoms with Crippen LogP contribution in [0, 0.1) is 0 Å². The van der Waals surface area contributed by atoms with Crippen molar-refractivity contribution in [1.82, 2.24) is 4.90 Å². The van der Waals surface area contributed by atoms with Gasteiger partial charge in [-0.3, -0.25) is 14.5 Å². The van der Waals surface area contributed by atoms with Crippen LogP contribution in [-0.4, -0.2) is 44.8 Å². The van der Waals surface area contributed by atoms with E-state index < -0.39 is 24.3 Å². The molecule has 0 bridgehead atoms. The number of fused-ring (bicyclic) bond motifs is 3. The van der Waals surface area contributed by atoms with Gasteiger partial charge in [0.25, 0.3) is 0 Å². The average Bonchev–Trinajstić information content (AvgIpc) is 3.27. The van der Waals surface area contributed by atoms with Crippen molar-refractivity contribution in [2.24, 2.45) is 0 Å². The highest BCUT2D eigenvalue weighted by Crippen LogP contribution is 2.48. The summed E-state index contributed by atoms with van der Waals surface area (Å²) in [6, 6.07) is 15.2. The van der Waals surface area contributed by atoms with E-state index in [2.05, 4.69) is 0 Å². The van der Waals surface area contributed by atoms with Crippen molar-refractivity contribution in [1.29, 1.82) is 0 Å². The third-order valence-corrected chi connectivity index (χ3v) is 6.34. The molecular formula is C26H25NO7. The van der Waals surface area contributed by atoms with E-state index in [-0.39, 0.29) is 11.2 Å². The summed E-state index contributed by atoms with van der Waals surface area (Å²) in [5.74, 6) is 1.44. The molecule has 1 aromatic heterocycles. The maximum Gasteiger partial charge on any atom is 0.326 e. The number of esters is 1. The fourth-order valence-electron chi connectivity index (χ4n) is 4.74. The number of methoxy groups -OCH3 is 3. The lowest BCUT2D eigenvalue weighted by atomic mass is 9.96. The standard InChI is InChI=1S/C26H25NO7/c1-30-20-11-16-9-10-27-23(26(29)32-3)24(34-25(27)18(16)14-21(20)31-2)22-13-17(28)12-19(33-22)15-7-5-4-6-8-15/h4-8,11-14,23-25H,9-10H2,1-3H3/t23-,24-,25+/m0/s1. The zero-order chi connectivity index (χ0) is 23.8. The van der Waals surface area contributed by atoms with Gasteiger partial charge < -0.3 is 23.4 Å². The Bertz CT molecular complexity index is 1270. The van der Waals surface area contributed by atoms with Gasteiger partial charge >= 0.3 is 5.97 Å². The normalized spacial score (nSPS) is 21.4. The Hall–Kier alpha value is -3.62. The fourth-order valence-corrected chi connectivity index (χ4v) is 4.74. The predicted octanol–water partition coefficient (Wildman–Crippen LogP) is 3.49. The number of ether oxygens (including phenoxy) is 4. The fraction of sp³-hybridized carbons (Fsp3) is 0.308. The van der Waals surface area contributed by atoms with Crippen LogP contribution in [0.1, 0.15) is 29.2 Å². The van der Waals surface area contributed by atoms with Crippen LogP contribution in [0.4, 0.5) is 0 Å². The van der Waals surface area contributed by atoms with Gasteiger partial charge in [0, 0.05) is 29.8 Å². The van der Waals surface area contributed by atoms with E-state index in [9.17, 15) is 9.59 Å². The minimum absolute atomic E-state index is 0.232. The quantitative estimate of drug-likeness (QED) is 0.532. The summed E-state index contributed by atoms with van der Waals surface area (Å²) in [7, 11) is 4.51. The molecule has 0 amide bonds. The lowest BCUT2D eigenvalue weighted by molar-refractivity contribution is -0.147. The van der Waals surface area contributed by atoms with Gasteiger partial charge in [0.2, 0.25) is 0 Å². The van der Waals surface area contributed by atoms with Crippen LogP contribution in [-0.2, 0) is 20.7 Å². The molecule has 8 heteroatoms. The molecular weight excluding hydrogens is 438 g/mol. The number of carbonyl (C=O) groups is 1. The van der Waals surface area contributed by atoms with Crippen molar-refractivity contribution in [3.8, 4) is 22.8 Å². The van der Waals surface area contributed by atoms with Crippen molar-refractivity contribution < 1.29 is 28.2 Å². The van der Waals surface area contributed by atoms with Crippen molar-refractivity contribution in [3.05, 3.63) is 81.7 Å². The Balaban J connectivity index is 1.59. The van der Waals surface area contributed by atoms with Crippen molar-refractivity contribution in [3.63, 3.8) is 0 Å². The second-order valence-electron chi connectivity index (χ2n) is 8.20. The molecule has 0 unspecified atom stereocenters. The molecule has 34 heavy (non-hydrogen) atoms. The van der Waals surface area contributed by atoms with Crippen LogP contribution < -0.4 is 14.9 Å². The van der Waals surface area contributed by atoms with Crippen LogP contribution >= 0.6 is 0 Å². The number of hydrogen-bond donors (Lipinski definition) is 0. The van der Waals surface area contributed by atoms with Gasteiger partial charge in [-0.05, 0) is 24.1 Å².